The topological polar surface area (TPSA) is 3.24 Å². The fourth-order valence-corrected chi connectivity index (χ4v) is 11.8. The van der Waals surface area contributed by atoms with Crippen LogP contribution in [-0.4, -0.2) is 0 Å². The van der Waals surface area contributed by atoms with Crippen LogP contribution in [0, 0.1) is 0 Å². The van der Waals surface area contributed by atoms with Gasteiger partial charge in [-0.25, -0.2) is 0 Å². The lowest BCUT2D eigenvalue weighted by Crippen LogP contribution is -2.26. The molecule has 3 aliphatic carbocycles. The SMILES string of the molecule is CC1(C)c2ccccc2-c2ccc(N(c3ccc(-c4ccccc4)cc3)c3ccc(-c4ccc(-c5cccc6c5C5(c7ccccc7-c7ccccc75)c5ccccc5-6)cc4)cc3)cc21. The summed E-state index contributed by atoms with van der Waals surface area (Å²) in [5.41, 5.74) is 26.4. The Morgan fingerprint density at radius 3 is 1.18 bits per heavy atom. The summed E-state index contributed by atoms with van der Waals surface area (Å²) in [5, 5.41) is 0. The first-order valence-corrected chi connectivity index (χ1v) is 22.8. The number of nitrogens with zero attached hydrogens (tertiary/aromatic N) is 1. The molecule has 3 aliphatic rings. The number of hydrogen-bond acceptors (Lipinski definition) is 1. The van der Waals surface area contributed by atoms with Gasteiger partial charge in [0.1, 0.15) is 0 Å². The molecular weight excluding hydrogens is 783 g/mol. The summed E-state index contributed by atoms with van der Waals surface area (Å²) in [6, 6.07) is 88.0. The van der Waals surface area contributed by atoms with Crippen LogP contribution in [-0.2, 0) is 10.8 Å². The van der Waals surface area contributed by atoms with Crippen LogP contribution < -0.4 is 4.90 Å². The van der Waals surface area contributed by atoms with Gasteiger partial charge in [0.15, 0.2) is 0 Å². The minimum Gasteiger partial charge on any atom is -0.310 e. The average Bonchev–Trinajstić information content (AvgIpc) is 3.93. The maximum Gasteiger partial charge on any atom is 0.0731 e. The molecule has 10 aromatic rings. The van der Waals surface area contributed by atoms with Crippen molar-refractivity contribution in [2.75, 3.05) is 4.90 Å². The van der Waals surface area contributed by atoms with Gasteiger partial charge in [-0.2, -0.15) is 0 Å². The summed E-state index contributed by atoms with van der Waals surface area (Å²) < 4.78 is 0. The van der Waals surface area contributed by atoms with Gasteiger partial charge in [-0.1, -0.05) is 214 Å². The van der Waals surface area contributed by atoms with Crippen LogP contribution in [0.3, 0.4) is 0 Å². The molecule has 13 rings (SSSR count). The monoisotopic (exact) mass is 827 g/mol. The molecule has 0 radical (unpaired) electrons. The first-order chi connectivity index (χ1) is 32.0. The van der Waals surface area contributed by atoms with E-state index in [1.54, 1.807) is 0 Å². The van der Waals surface area contributed by atoms with Crippen molar-refractivity contribution in [2.45, 2.75) is 24.7 Å². The van der Waals surface area contributed by atoms with Crippen molar-refractivity contribution in [1.82, 2.24) is 0 Å². The lowest BCUT2D eigenvalue weighted by Gasteiger charge is -2.32. The molecule has 0 amide bonds. The van der Waals surface area contributed by atoms with Crippen LogP contribution in [0.2, 0.25) is 0 Å². The van der Waals surface area contributed by atoms with E-state index in [1.165, 1.54) is 100 Å². The largest absolute Gasteiger partial charge is 0.310 e. The van der Waals surface area contributed by atoms with Crippen LogP contribution in [0.1, 0.15) is 47.2 Å². The zero-order valence-corrected chi connectivity index (χ0v) is 36.5. The minimum absolute atomic E-state index is 0.0999. The Morgan fingerprint density at radius 1 is 0.262 bits per heavy atom. The fourth-order valence-electron chi connectivity index (χ4n) is 11.8. The van der Waals surface area contributed by atoms with Crippen molar-refractivity contribution in [2.24, 2.45) is 0 Å². The quantitative estimate of drug-likeness (QED) is 0.161. The number of benzene rings is 10. The standard InChI is InChI=1S/C64H45N/c1-63(2)57-23-10-6-17-51(57)55-40-39-49(41-61(55)63)65(47-35-31-44(32-36-47)42-15-4-3-5-16-42)48-37-33-45(34-38-48)43-27-29-46(30-28-43)50-21-14-22-56-54-20-9-13-26-60(54)64(62(50)56)58-24-11-7-18-52(58)53-19-8-12-25-59(53)64/h3-41H,1-2H3. The van der Waals surface area contributed by atoms with E-state index in [0.717, 1.165) is 17.1 Å². The zero-order chi connectivity index (χ0) is 43.3. The van der Waals surface area contributed by atoms with Gasteiger partial charge in [0, 0.05) is 22.5 Å². The van der Waals surface area contributed by atoms with E-state index in [4.69, 9.17) is 0 Å². The van der Waals surface area contributed by atoms with E-state index >= 15 is 0 Å². The third-order valence-electron chi connectivity index (χ3n) is 14.7. The van der Waals surface area contributed by atoms with E-state index in [1.807, 2.05) is 0 Å². The van der Waals surface area contributed by atoms with Crippen LogP contribution in [0.5, 0.6) is 0 Å². The van der Waals surface area contributed by atoms with Crippen LogP contribution in [0.25, 0.3) is 66.8 Å². The Morgan fingerprint density at radius 2 is 0.631 bits per heavy atom. The van der Waals surface area contributed by atoms with E-state index < -0.39 is 5.41 Å². The second-order valence-corrected chi connectivity index (χ2v) is 18.4. The lowest BCUT2D eigenvalue weighted by atomic mass is 9.68. The highest BCUT2D eigenvalue weighted by atomic mass is 15.1. The first kappa shape index (κ1) is 37.5. The molecule has 0 fully saturated rings. The molecule has 0 aromatic heterocycles. The van der Waals surface area contributed by atoms with Crippen LogP contribution in [0.4, 0.5) is 17.1 Å². The van der Waals surface area contributed by atoms with E-state index in [0.29, 0.717) is 0 Å². The van der Waals surface area contributed by atoms with Gasteiger partial charge in [-0.15, -0.1) is 0 Å². The second-order valence-electron chi connectivity index (χ2n) is 18.4. The van der Waals surface area contributed by atoms with Crippen LogP contribution >= 0.6 is 0 Å². The lowest BCUT2D eigenvalue weighted by molar-refractivity contribution is 0.660. The Kier molecular flexibility index (Phi) is 8.24. The van der Waals surface area contributed by atoms with Crippen molar-refractivity contribution in [3.05, 3.63) is 270 Å². The number of fused-ring (bicyclic) bond motifs is 13. The molecular formula is C64H45N. The van der Waals surface area contributed by atoms with E-state index in [9.17, 15) is 0 Å². The van der Waals surface area contributed by atoms with E-state index in [2.05, 4.69) is 255 Å². The van der Waals surface area contributed by atoms with Gasteiger partial charge >= 0.3 is 0 Å². The summed E-state index contributed by atoms with van der Waals surface area (Å²) in [6.07, 6.45) is 0. The highest BCUT2D eigenvalue weighted by Crippen LogP contribution is 2.64. The van der Waals surface area contributed by atoms with Crippen molar-refractivity contribution in [1.29, 1.82) is 0 Å². The first-order valence-electron chi connectivity index (χ1n) is 22.8. The molecule has 0 aliphatic heterocycles. The fraction of sp³-hybridized carbons (Fsp3) is 0.0625. The maximum absolute atomic E-state index is 2.42. The highest BCUT2D eigenvalue weighted by molar-refractivity contribution is 5.99. The Balaban J connectivity index is 0.884. The number of rotatable bonds is 6. The third kappa shape index (κ3) is 5.46. The predicted molar refractivity (Wildman–Crippen MR) is 271 cm³/mol. The molecule has 0 N–H and O–H groups in total. The predicted octanol–water partition coefficient (Wildman–Crippen LogP) is 16.8. The van der Waals surface area contributed by atoms with Crippen molar-refractivity contribution >= 4 is 17.1 Å². The van der Waals surface area contributed by atoms with Gasteiger partial charge in [-0.3, -0.25) is 0 Å². The van der Waals surface area contributed by atoms with Gasteiger partial charge in [-0.05, 0) is 137 Å². The Labute approximate surface area is 381 Å². The van der Waals surface area contributed by atoms with Crippen molar-refractivity contribution < 1.29 is 0 Å². The number of hydrogen-bond donors (Lipinski definition) is 0. The maximum atomic E-state index is 2.42. The van der Waals surface area contributed by atoms with Gasteiger partial charge in [0.05, 0.1) is 5.41 Å². The van der Waals surface area contributed by atoms with Gasteiger partial charge < -0.3 is 4.90 Å². The van der Waals surface area contributed by atoms with Crippen molar-refractivity contribution in [3.63, 3.8) is 0 Å². The summed E-state index contributed by atoms with van der Waals surface area (Å²) in [5.74, 6) is 0. The molecule has 1 heteroatoms. The van der Waals surface area contributed by atoms with Gasteiger partial charge in [0.2, 0.25) is 0 Å². The molecule has 65 heavy (non-hydrogen) atoms. The molecule has 0 saturated heterocycles. The third-order valence-corrected chi connectivity index (χ3v) is 14.7. The molecule has 306 valence electrons. The normalized spacial score (nSPS) is 13.9. The van der Waals surface area contributed by atoms with Crippen LogP contribution in [0.15, 0.2) is 237 Å². The Hall–Kier alpha value is -8.00. The molecule has 1 spiro atoms. The highest BCUT2D eigenvalue weighted by Gasteiger charge is 2.52. The van der Waals surface area contributed by atoms with E-state index in [-0.39, 0.29) is 5.41 Å². The molecule has 0 atom stereocenters. The Bertz CT molecular complexity index is 3420. The summed E-state index contributed by atoms with van der Waals surface area (Å²) in [4.78, 5) is 2.41. The second kappa shape index (κ2) is 14.3. The molecule has 0 bridgehead atoms. The zero-order valence-electron chi connectivity index (χ0n) is 36.5. The summed E-state index contributed by atoms with van der Waals surface area (Å²) in [7, 11) is 0. The summed E-state index contributed by atoms with van der Waals surface area (Å²) in [6.45, 7) is 4.71. The molecule has 0 saturated carbocycles. The molecule has 0 heterocycles. The molecule has 0 unspecified atom stereocenters. The molecule has 10 aromatic carbocycles. The number of anilines is 3. The minimum atomic E-state index is -0.392. The van der Waals surface area contributed by atoms with Crippen molar-refractivity contribution in [3.8, 4) is 66.8 Å². The molecule has 1 nitrogen and oxygen atoms in total. The van der Waals surface area contributed by atoms with Gasteiger partial charge in [0.25, 0.3) is 0 Å². The average molecular weight is 828 g/mol. The summed E-state index contributed by atoms with van der Waals surface area (Å²) >= 11 is 0. The smallest absolute Gasteiger partial charge is 0.0731 e.